The molecule has 2 aromatic carbocycles. The second-order valence-electron chi connectivity index (χ2n) is 6.43. The summed E-state index contributed by atoms with van der Waals surface area (Å²) in [6, 6.07) is 11.5. The van der Waals surface area contributed by atoms with Crippen LogP contribution in [-0.4, -0.2) is 10.9 Å². The Morgan fingerprint density at radius 1 is 1.11 bits per heavy atom. The summed E-state index contributed by atoms with van der Waals surface area (Å²) in [7, 11) is 0. The molecule has 146 valence electrons. The number of thiazole rings is 1. The van der Waals surface area contributed by atoms with Crippen molar-refractivity contribution < 1.29 is 18.0 Å². The van der Waals surface area contributed by atoms with Gasteiger partial charge in [0.05, 0.1) is 16.8 Å². The maximum atomic E-state index is 12.9. The molecule has 0 radical (unpaired) electrons. The fourth-order valence-corrected chi connectivity index (χ4v) is 3.31. The SMILES string of the molecule is CC(C)c1cnc(NC(=O)c2ccccc2Nc2cccc(C(F)(F)F)c2)s1. The number of rotatable bonds is 5. The van der Waals surface area contributed by atoms with Crippen LogP contribution in [0.2, 0.25) is 0 Å². The molecule has 4 nitrogen and oxygen atoms in total. The first-order chi connectivity index (χ1) is 13.2. The van der Waals surface area contributed by atoms with Crippen molar-refractivity contribution in [1.29, 1.82) is 0 Å². The van der Waals surface area contributed by atoms with E-state index in [1.807, 2.05) is 13.8 Å². The van der Waals surface area contributed by atoms with Gasteiger partial charge in [0.1, 0.15) is 0 Å². The van der Waals surface area contributed by atoms with Gasteiger partial charge < -0.3 is 5.32 Å². The average molecular weight is 405 g/mol. The van der Waals surface area contributed by atoms with Gasteiger partial charge in [-0.15, -0.1) is 11.3 Å². The van der Waals surface area contributed by atoms with Gasteiger partial charge in [-0.05, 0) is 36.2 Å². The van der Waals surface area contributed by atoms with E-state index >= 15 is 0 Å². The molecule has 2 N–H and O–H groups in total. The molecule has 0 spiro atoms. The van der Waals surface area contributed by atoms with Gasteiger partial charge in [-0.3, -0.25) is 10.1 Å². The van der Waals surface area contributed by atoms with Crippen LogP contribution in [-0.2, 0) is 6.18 Å². The third-order valence-corrected chi connectivity index (χ3v) is 5.17. The highest BCUT2D eigenvalue weighted by Gasteiger charge is 2.30. The number of alkyl halides is 3. The minimum absolute atomic E-state index is 0.242. The number of aromatic nitrogens is 1. The summed E-state index contributed by atoms with van der Waals surface area (Å²) in [5.74, 6) is -0.0854. The zero-order valence-electron chi connectivity index (χ0n) is 15.2. The van der Waals surface area contributed by atoms with Crippen molar-refractivity contribution in [3.05, 3.63) is 70.7 Å². The van der Waals surface area contributed by atoms with Gasteiger partial charge in [-0.2, -0.15) is 13.2 Å². The number of amides is 1. The van der Waals surface area contributed by atoms with Crippen molar-refractivity contribution in [2.45, 2.75) is 25.9 Å². The van der Waals surface area contributed by atoms with Gasteiger partial charge in [-0.25, -0.2) is 4.98 Å². The van der Waals surface area contributed by atoms with Crippen molar-refractivity contribution in [1.82, 2.24) is 4.98 Å². The van der Waals surface area contributed by atoms with E-state index in [0.717, 1.165) is 17.0 Å². The molecular weight excluding hydrogens is 387 g/mol. The summed E-state index contributed by atoms with van der Waals surface area (Å²) in [5.41, 5.74) is 0.191. The number of carbonyl (C=O) groups excluding carboxylic acids is 1. The Morgan fingerprint density at radius 3 is 2.54 bits per heavy atom. The van der Waals surface area contributed by atoms with E-state index in [1.54, 1.807) is 30.5 Å². The van der Waals surface area contributed by atoms with Crippen LogP contribution in [0.25, 0.3) is 0 Å². The molecule has 3 rings (SSSR count). The Hall–Kier alpha value is -2.87. The molecule has 0 aliphatic carbocycles. The molecule has 0 saturated carbocycles. The number of nitrogens with zero attached hydrogens (tertiary/aromatic N) is 1. The highest BCUT2D eigenvalue weighted by molar-refractivity contribution is 7.15. The lowest BCUT2D eigenvalue weighted by Gasteiger charge is -2.13. The fourth-order valence-electron chi connectivity index (χ4n) is 2.49. The van der Waals surface area contributed by atoms with Crippen LogP contribution in [0, 0.1) is 0 Å². The van der Waals surface area contributed by atoms with Crippen LogP contribution in [0.15, 0.2) is 54.7 Å². The molecule has 28 heavy (non-hydrogen) atoms. The summed E-state index contributed by atoms with van der Waals surface area (Å²) in [6.07, 6.45) is -2.72. The van der Waals surface area contributed by atoms with Crippen LogP contribution in [0.4, 0.5) is 29.7 Å². The van der Waals surface area contributed by atoms with E-state index in [1.165, 1.54) is 23.5 Å². The minimum atomic E-state index is -4.44. The van der Waals surface area contributed by atoms with E-state index in [9.17, 15) is 18.0 Å². The molecule has 1 aromatic heterocycles. The number of halogens is 3. The lowest BCUT2D eigenvalue weighted by molar-refractivity contribution is -0.137. The lowest BCUT2D eigenvalue weighted by atomic mass is 10.1. The monoisotopic (exact) mass is 405 g/mol. The molecule has 0 saturated heterocycles. The summed E-state index contributed by atoms with van der Waals surface area (Å²) in [5, 5.41) is 6.12. The van der Waals surface area contributed by atoms with E-state index < -0.39 is 11.7 Å². The Kier molecular flexibility index (Phi) is 5.69. The summed E-state index contributed by atoms with van der Waals surface area (Å²) in [6.45, 7) is 4.07. The lowest BCUT2D eigenvalue weighted by Crippen LogP contribution is -2.13. The minimum Gasteiger partial charge on any atom is -0.355 e. The van der Waals surface area contributed by atoms with Crippen molar-refractivity contribution in [3.8, 4) is 0 Å². The number of anilines is 3. The normalized spacial score (nSPS) is 11.5. The van der Waals surface area contributed by atoms with Crippen LogP contribution >= 0.6 is 11.3 Å². The molecule has 0 atom stereocenters. The first kappa shape index (κ1) is 19.9. The number of para-hydroxylation sites is 1. The number of benzene rings is 2. The summed E-state index contributed by atoms with van der Waals surface area (Å²) < 4.78 is 38.8. The van der Waals surface area contributed by atoms with Gasteiger partial charge >= 0.3 is 6.18 Å². The Labute approximate surface area is 164 Å². The highest BCUT2D eigenvalue weighted by Crippen LogP contribution is 2.32. The number of hydrogen-bond donors (Lipinski definition) is 2. The summed E-state index contributed by atoms with van der Waals surface area (Å²) in [4.78, 5) is 17.9. The second-order valence-corrected chi connectivity index (χ2v) is 7.49. The zero-order valence-corrected chi connectivity index (χ0v) is 16.0. The van der Waals surface area contributed by atoms with Crippen molar-refractivity contribution in [3.63, 3.8) is 0 Å². The van der Waals surface area contributed by atoms with E-state index in [4.69, 9.17) is 0 Å². The maximum Gasteiger partial charge on any atom is 0.416 e. The molecule has 0 unspecified atom stereocenters. The smallest absolute Gasteiger partial charge is 0.355 e. The number of nitrogens with one attached hydrogen (secondary N) is 2. The van der Waals surface area contributed by atoms with Gasteiger partial charge in [0, 0.05) is 16.8 Å². The van der Waals surface area contributed by atoms with Crippen molar-refractivity contribution >= 4 is 33.8 Å². The molecule has 0 bridgehead atoms. The van der Waals surface area contributed by atoms with E-state index in [0.29, 0.717) is 22.3 Å². The maximum absolute atomic E-state index is 12.9. The van der Waals surface area contributed by atoms with Crippen LogP contribution in [0.5, 0.6) is 0 Å². The molecule has 0 aliphatic heterocycles. The third-order valence-electron chi connectivity index (χ3n) is 3.95. The predicted molar refractivity (Wildman–Crippen MR) is 105 cm³/mol. The van der Waals surface area contributed by atoms with Crippen molar-refractivity contribution in [2.75, 3.05) is 10.6 Å². The summed E-state index contributed by atoms with van der Waals surface area (Å²) >= 11 is 1.39. The van der Waals surface area contributed by atoms with Crippen LogP contribution < -0.4 is 10.6 Å². The second kappa shape index (κ2) is 8.02. The standard InChI is InChI=1S/C20H18F3N3OS/c1-12(2)17-11-24-19(28-17)26-18(27)15-8-3-4-9-16(15)25-14-7-5-6-13(10-14)20(21,22)23/h3-12,25H,1-2H3,(H,24,26,27). The van der Waals surface area contributed by atoms with Gasteiger partial charge in [-0.1, -0.05) is 32.0 Å². The van der Waals surface area contributed by atoms with Gasteiger partial charge in [0.15, 0.2) is 5.13 Å². The Morgan fingerprint density at radius 2 is 1.86 bits per heavy atom. The molecule has 8 heteroatoms. The van der Waals surface area contributed by atoms with Gasteiger partial charge in [0.2, 0.25) is 0 Å². The van der Waals surface area contributed by atoms with E-state index in [2.05, 4.69) is 15.6 Å². The van der Waals surface area contributed by atoms with Crippen molar-refractivity contribution in [2.24, 2.45) is 0 Å². The Bertz CT molecular complexity index is 983. The Balaban J connectivity index is 1.82. The number of carbonyl (C=O) groups is 1. The quantitative estimate of drug-likeness (QED) is 0.525. The first-order valence-electron chi connectivity index (χ1n) is 8.54. The molecule has 1 amide bonds. The predicted octanol–water partition coefficient (Wildman–Crippen LogP) is 6.28. The zero-order chi connectivity index (χ0) is 20.3. The van der Waals surface area contributed by atoms with Crippen LogP contribution in [0.1, 0.15) is 40.6 Å². The largest absolute Gasteiger partial charge is 0.416 e. The van der Waals surface area contributed by atoms with E-state index in [-0.39, 0.29) is 11.6 Å². The van der Waals surface area contributed by atoms with Gasteiger partial charge in [0.25, 0.3) is 5.91 Å². The molecule has 1 heterocycles. The molecule has 0 aliphatic rings. The molecular formula is C20H18F3N3OS. The third kappa shape index (κ3) is 4.69. The highest BCUT2D eigenvalue weighted by atomic mass is 32.1. The average Bonchev–Trinajstić information content (AvgIpc) is 3.10. The molecule has 0 fully saturated rings. The number of hydrogen-bond acceptors (Lipinski definition) is 4. The first-order valence-corrected chi connectivity index (χ1v) is 9.36. The fraction of sp³-hybridized carbons (Fsp3) is 0.200. The van der Waals surface area contributed by atoms with Crippen LogP contribution in [0.3, 0.4) is 0 Å². The topological polar surface area (TPSA) is 54.0 Å². The molecule has 3 aromatic rings.